The minimum absolute atomic E-state index is 0. The number of rotatable bonds is 4. The van der Waals surface area contributed by atoms with Crippen LogP contribution in [0.4, 0.5) is 0 Å². The van der Waals surface area contributed by atoms with E-state index in [1.165, 1.54) is 36.8 Å². The number of aliphatic imine (C=N–C) groups is 1. The van der Waals surface area contributed by atoms with Crippen LogP contribution >= 0.6 is 24.0 Å². The fourth-order valence-electron chi connectivity index (χ4n) is 6.05. The second kappa shape index (κ2) is 8.73. The first-order valence-corrected chi connectivity index (χ1v) is 11.1. The zero-order valence-electron chi connectivity index (χ0n) is 18.3. The molecule has 2 aliphatic carbocycles. The van der Waals surface area contributed by atoms with Crippen molar-refractivity contribution in [1.29, 1.82) is 0 Å². The molecule has 1 N–H and O–H groups in total. The molecule has 30 heavy (non-hydrogen) atoms. The van der Waals surface area contributed by atoms with E-state index < -0.39 is 0 Å². The summed E-state index contributed by atoms with van der Waals surface area (Å²) in [7, 11) is 3.40. The number of methoxy groups -OCH3 is 2. The van der Waals surface area contributed by atoms with Gasteiger partial charge in [0.2, 0.25) is 0 Å². The second-order valence-electron chi connectivity index (χ2n) is 8.90. The van der Waals surface area contributed by atoms with Gasteiger partial charge in [-0.25, -0.2) is 0 Å². The van der Waals surface area contributed by atoms with E-state index in [1.54, 1.807) is 14.2 Å². The number of halogens is 1. The van der Waals surface area contributed by atoms with Gasteiger partial charge < -0.3 is 24.4 Å². The molecule has 166 valence electrons. The molecule has 6 nitrogen and oxygen atoms in total. The molecule has 2 saturated carbocycles. The number of fused-ring (bicyclic) bond motifs is 3. The lowest BCUT2D eigenvalue weighted by atomic mass is 9.46. The van der Waals surface area contributed by atoms with Crippen LogP contribution in [-0.2, 0) is 17.7 Å². The van der Waals surface area contributed by atoms with Gasteiger partial charge in [-0.1, -0.05) is 6.42 Å². The molecular weight excluding hydrogens is 493 g/mol. The highest BCUT2D eigenvalue weighted by Gasteiger charge is 2.66. The Morgan fingerprint density at radius 3 is 2.60 bits per heavy atom. The second-order valence-corrected chi connectivity index (χ2v) is 8.90. The normalized spacial score (nSPS) is 28.6. The first kappa shape index (κ1) is 22.0. The monoisotopic (exact) mass is 527 g/mol. The summed E-state index contributed by atoms with van der Waals surface area (Å²) in [5, 5.41) is 3.91. The zero-order chi connectivity index (χ0) is 20.0. The van der Waals surface area contributed by atoms with Crippen LogP contribution in [0.25, 0.3) is 0 Å². The summed E-state index contributed by atoms with van der Waals surface area (Å²) in [6.07, 6.45) is 6.59. The first-order valence-electron chi connectivity index (χ1n) is 11.1. The zero-order valence-corrected chi connectivity index (χ0v) is 20.6. The predicted molar refractivity (Wildman–Crippen MR) is 128 cm³/mol. The van der Waals surface area contributed by atoms with Crippen molar-refractivity contribution in [2.75, 3.05) is 33.9 Å². The SMILES string of the molecule is CCN=C(NC1C2CCOC2C12CCC2)N1CCc2cc(OC)c(OC)cc2C1.I. The van der Waals surface area contributed by atoms with Crippen LogP contribution in [0.2, 0.25) is 0 Å². The third-order valence-corrected chi connectivity index (χ3v) is 7.65. The molecule has 0 radical (unpaired) electrons. The van der Waals surface area contributed by atoms with E-state index in [4.69, 9.17) is 19.2 Å². The van der Waals surface area contributed by atoms with Crippen LogP contribution in [0.3, 0.4) is 0 Å². The van der Waals surface area contributed by atoms with Gasteiger partial charge in [0, 0.05) is 43.6 Å². The summed E-state index contributed by atoms with van der Waals surface area (Å²) in [4.78, 5) is 7.30. The highest BCUT2D eigenvalue weighted by atomic mass is 127. The molecule has 5 rings (SSSR count). The molecule has 1 spiro atoms. The van der Waals surface area contributed by atoms with E-state index in [0.717, 1.165) is 50.1 Å². The van der Waals surface area contributed by atoms with Gasteiger partial charge >= 0.3 is 0 Å². The van der Waals surface area contributed by atoms with Gasteiger partial charge in [-0.2, -0.15) is 0 Å². The largest absolute Gasteiger partial charge is 0.493 e. The van der Waals surface area contributed by atoms with E-state index >= 15 is 0 Å². The Morgan fingerprint density at radius 2 is 1.97 bits per heavy atom. The number of nitrogens with zero attached hydrogens (tertiary/aromatic N) is 2. The highest BCUT2D eigenvalue weighted by molar-refractivity contribution is 14.0. The summed E-state index contributed by atoms with van der Waals surface area (Å²) in [6, 6.07) is 4.77. The molecule has 0 aromatic heterocycles. The molecule has 4 aliphatic rings. The smallest absolute Gasteiger partial charge is 0.194 e. The van der Waals surface area contributed by atoms with Crippen molar-refractivity contribution in [3.63, 3.8) is 0 Å². The average Bonchev–Trinajstić information content (AvgIpc) is 3.13. The Morgan fingerprint density at radius 1 is 1.23 bits per heavy atom. The number of guanidine groups is 1. The number of ether oxygens (including phenoxy) is 3. The van der Waals surface area contributed by atoms with Gasteiger partial charge in [0.25, 0.3) is 0 Å². The lowest BCUT2D eigenvalue weighted by Crippen LogP contribution is -2.72. The molecule has 0 bridgehead atoms. The van der Waals surface area contributed by atoms with Gasteiger partial charge in [0.1, 0.15) is 0 Å². The van der Waals surface area contributed by atoms with Gasteiger partial charge in [-0.3, -0.25) is 4.99 Å². The van der Waals surface area contributed by atoms with E-state index in [0.29, 0.717) is 23.5 Å². The molecule has 2 aliphatic heterocycles. The van der Waals surface area contributed by atoms with Gasteiger partial charge in [-0.05, 0) is 55.9 Å². The maximum atomic E-state index is 6.10. The molecule has 1 aromatic rings. The fourth-order valence-corrected chi connectivity index (χ4v) is 6.05. The summed E-state index contributed by atoms with van der Waals surface area (Å²) < 4.78 is 17.1. The van der Waals surface area contributed by atoms with Crippen LogP contribution < -0.4 is 14.8 Å². The quantitative estimate of drug-likeness (QED) is 0.369. The summed E-state index contributed by atoms with van der Waals surface area (Å²) in [5.41, 5.74) is 3.01. The average molecular weight is 527 g/mol. The van der Waals surface area contributed by atoms with Crippen LogP contribution in [0.5, 0.6) is 11.5 Å². The lowest BCUT2D eigenvalue weighted by Gasteiger charge is -2.63. The van der Waals surface area contributed by atoms with Crippen LogP contribution in [0.1, 0.15) is 43.7 Å². The molecule has 0 amide bonds. The maximum absolute atomic E-state index is 6.10. The van der Waals surface area contributed by atoms with Crippen molar-refractivity contribution in [3.8, 4) is 11.5 Å². The van der Waals surface area contributed by atoms with Crippen molar-refractivity contribution in [1.82, 2.24) is 10.2 Å². The van der Waals surface area contributed by atoms with Crippen LogP contribution in [-0.4, -0.2) is 56.9 Å². The van der Waals surface area contributed by atoms with E-state index in [9.17, 15) is 0 Å². The summed E-state index contributed by atoms with van der Waals surface area (Å²) >= 11 is 0. The number of nitrogens with one attached hydrogen (secondary N) is 1. The lowest BCUT2D eigenvalue weighted by molar-refractivity contribution is -0.171. The standard InChI is InChI=1S/C23H33N3O3.HI/c1-4-24-22(25-20-17-7-11-29-21(17)23(20)8-5-9-23)26-10-6-15-12-18(27-2)19(28-3)13-16(15)14-26;/h12-13,17,20-21H,4-11,14H2,1-3H3,(H,24,25);1H. The molecule has 2 heterocycles. The fraction of sp³-hybridized carbons (Fsp3) is 0.696. The highest BCUT2D eigenvalue weighted by Crippen LogP contribution is 2.62. The number of hydrogen-bond acceptors (Lipinski definition) is 4. The Labute approximate surface area is 196 Å². The molecule has 1 saturated heterocycles. The maximum Gasteiger partial charge on any atom is 0.194 e. The van der Waals surface area contributed by atoms with E-state index in [2.05, 4.69) is 29.3 Å². The van der Waals surface area contributed by atoms with E-state index in [-0.39, 0.29) is 24.0 Å². The van der Waals surface area contributed by atoms with Crippen molar-refractivity contribution < 1.29 is 14.2 Å². The Hall–Kier alpha value is -1.22. The third kappa shape index (κ3) is 3.36. The summed E-state index contributed by atoms with van der Waals surface area (Å²) in [5.74, 6) is 3.33. The number of benzene rings is 1. The molecule has 3 atom stereocenters. The van der Waals surface area contributed by atoms with Crippen molar-refractivity contribution >= 4 is 29.9 Å². The van der Waals surface area contributed by atoms with Crippen LogP contribution in [0.15, 0.2) is 17.1 Å². The Bertz CT molecular complexity index is 811. The predicted octanol–water partition coefficient (Wildman–Crippen LogP) is 3.60. The number of hydrogen-bond donors (Lipinski definition) is 1. The summed E-state index contributed by atoms with van der Waals surface area (Å²) in [6.45, 7) is 5.66. The van der Waals surface area contributed by atoms with Crippen molar-refractivity contribution in [2.45, 2.75) is 57.7 Å². The van der Waals surface area contributed by atoms with Crippen LogP contribution in [0, 0.1) is 11.3 Å². The Kier molecular flexibility index (Phi) is 6.40. The molecule has 7 heteroatoms. The van der Waals surface area contributed by atoms with Gasteiger partial charge in [-0.15, -0.1) is 24.0 Å². The van der Waals surface area contributed by atoms with Crippen molar-refractivity contribution in [3.05, 3.63) is 23.3 Å². The van der Waals surface area contributed by atoms with Gasteiger partial charge in [0.05, 0.1) is 20.3 Å². The third-order valence-electron chi connectivity index (χ3n) is 7.65. The minimum Gasteiger partial charge on any atom is -0.493 e. The molecule has 1 aromatic carbocycles. The van der Waals surface area contributed by atoms with Gasteiger partial charge in [0.15, 0.2) is 17.5 Å². The first-order chi connectivity index (χ1) is 14.2. The van der Waals surface area contributed by atoms with Crippen molar-refractivity contribution in [2.24, 2.45) is 16.3 Å². The van der Waals surface area contributed by atoms with E-state index in [1.807, 2.05) is 0 Å². The minimum atomic E-state index is 0. The molecular formula is C23H34IN3O3. The topological polar surface area (TPSA) is 55.3 Å². The molecule has 3 unspecified atom stereocenters. The molecule has 3 fully saturated rings. The Balaban J connectivity index is 0.00000218.